The third-order valence-corrected chi connectivity index (χ3v) is 7.67. The lowest BCUT2D eigenvalue weighted by atomic mass is 10.2. The van der Waals surface area contributed by atoms with E-state index in [-0.39, 0.29) is 10.8 Å². The zero-order chi connectivity index (χ0) is 22.6. The Labute approximate surface area is 187 Å². The highest BCUT2D eigenvalue weighted by Gasteiger charge is 2.19. The quantitative estimate of drug-likeness (QED) is 0.496. The number of aromatic nitrogens is 2. The minimum absolute atomic E-state index is 0.0421. The molecule has 0 bridgehead atoms. The van der Waals surface area contributed by atoms with Gasteiger partial charge in [-0.2, -0.15) is 0 Å². The van der Waals surface area contributed by atoms with Crippen LogP contribution in [0.3, 0.4) is 0 Å². The van der Waals surface area contributed by atoms with E-state index in [9.17, 15) is 13.2 Å². The van der Waals surface area contributed by atoms with Crippen molar-refractivity contribution < 1.29 is 13.2 Å². The third kappa shape index (κ3) is 5.28. The van der Waals surface area contributed by atoms with Crippen LogP contribution in [0.1, 0.15) is 24.7 Å². The van der Waals surface area contributed by atoms with E-state index >= 15 is 0 Å². The number of carbonyl (C=O) groups is 1. The van der Waals surface area contributed by atoms with E-state index in [0.29, 0.717) is 31.4 Å². The Morgan fingerprint density at radius 3 is 2.48 bits per heavy atom. The summed E-state index contributed by atoms with van der Waals surface area (Å²) in [5.74, 6) is 0.732. The van der Waals surface area contributed by atoms with Crippen LogP contribution >= 0.6 is 11.8 Å². The fraction of sp³-hybridized carbons (Fsp3) is 0.364. The van der Waals surface area contributed by atoms with Gasteiger partial charge in [0.1, 0.15) is 5.82 Å². The molecule has 0 radical (unpaired) electrons. The van der Waals surface area contributed by atoms with Gasteiger partial charge in [-0.15, -0.1) is 11.8 Å². The van der Waals surface area contributed by atoms with Crippen LogP contribution < -0.4 is 5.32 Å². The smallest absolute Gasteiger partial charge is 0.242 e. The van der Waals surface area contributed by atoms with Gasteiger partial charge in [-0.1, -0.05) is 12.1 Å². The van der Waals surface area contributed by atoms with Gasteiger partial charge < -0.3 is 9.88 Å². The number of hydrogen-bond acceptors (Lipinski definition) is 5. The number of hydrogen-bond donors (Lipinski definition) is 1. The molecule has 2 aromatic carbocycles. The summed E-state index contributed by atoms with van der Waals surface area (Å²) in [5.41, 5.74) is 2.54. The monoisotopic (exact) mass is 460 g/mol. The molecule has 0 saturated heterocycles. The maximum absolute atomic E-state index is 12.4. The summed E-state index contributed by atoms with van der Waals surface area (Å²) in [6.07, 6.45) is 2.83. The van der Waals surface area contributed by atoms with Gasteiger partial charge in [0.05, 0.1) is 15.9 Å². The zero-order valence-electron chi connectivity index (χ0n) is 18.3. The Hall–Kier alpha value is -2.36. The maximum Gasteiger partial charge on any atom is 0.242 e. The lowest BCUT2D eigenvalue weighted by Gasteiger charge is -2.11. The number of amides is 1. The largest absolute Gasteiger partial charge is 0.352 e. The van der Waals surface area contributed by atoms with Gasteiger partial charge in [0.25, 0.3) is 0 Å². The molecule has 0 aliphatic heterocycles. The summed E-state index contributed by atoms with van der Waals surface area (Å²) in [5, 5.41) is 2.95. The minimum atomic E-state index is -3.52. The van der Waals surface area contributed by atoms with Crippen LogP contribution in [0, 0.1) is 0 Å². The molecule has 3 aromatic rings. The first-order chi connectivity index (χ1) is 14.8. The molecule has 0 fully saturated rings. The number of nitrogens with one attached hydrogen (secondary N) is 1. The van der Waals surface area contributed by atoms with Crippen molar-refractivity contribution in [3.8, 4) is 0 Å². The summed E-state index contributed by atoms with van der Waals surface area (Å²) < 4.78 is 28.0. The molecule has 0 unspecified atom stereocenters. The summed E-state index contributed by atoms with van der Waals surface area (Å²) in [6.45, 7) is 3.19. The maximum atomic E-state index is 12.4. The van der Waals surface area contributed by atoms with Gasteiger partial charge in [0.2, 0.25) is 15.9 Å². The molecule has 166 valence electrons. The van der Waals surface area contributed by atoms with Crippen LogP contribution in [0.15, 0.2) is 52.3 Å². The van der Waals surface area contributed by atoms with Crippen molar-refractivity contribution >= 4 is 38.7 Å². The van der Waals surface area contributed by atoms with Gasteiger partial charge in [-0.05, 0) is 49.1 Å². The van der Waals surface area contributed by atoms with Crippen molar-refractivity contribution in [2.45, 2.75) is 42.6 Å². The second kappa shape index (κ2) is 9.84. The van der Waals surface area contributed by atoms with Gasteiger partial charge in [0, 0.05) is 44.9 Å². The number of fused-ring (bicyclic) bond motifs is 1. The molecule has 1 aromatic heterocycles. The third-order valence-electron chi connectivity index (χ3n) is 5.12. The van der Waals surface area contributed by atoms with Crippen LogP contribution in [-0.2, 0) is 34.3 Å². The summed E-state index contributed by atoms with van der Waals surface area (Å²) in [7, 11) is -0.513. The van der Waals surface area contributed by atoms with Crippen molar-refractivity contribution in [2.24, 2.45) is 0 Å². The number of sulfonamides is 1. The van der Waals surface area contributed by atoms with Crippen LogP contribution in [0.25, 0.3) is 11.0 Å². The first-order valence-electron chi connectivity index (χ1n) is 10.1. The Morgan fingerprint density at radius 2 is 1.87 bits per heavy atom. The van der Waals surface area contributed by atoms with Gasteiger partial charge >= 0.3 is 0 Å². The highest BCUT2D eigenvalue weighted by atomic mass is 32.2. The first-order valence-corrected chi connectivity index (χ1v) is 12.7. The van der Waals surface area contributed by atoms with Crippen molar-refractivity contribution in [1.29, 1.82) is 0 Å². The highest BCUT2D eigenvalue weighted by molar-refractivity contribution is 7.98. The number of thioether (sulfide) groups is 1. The lowest BCUT2D eigenvalue weighted by Crippen LogP contribution is -2.23. The molecular formula is C22H28N4O3S2. The van der Waals surface area contributed by atoms with Crippen molar-refractivity contribution in [3.05, 3.63) is 53.9 Å². The molecule has 1 amide bonds. The van der Waals surface area contributed by atoms with E-state index in [2.05, 4.69) is 10.3 Å². The average molecular weight is 461 g/mol. The Bertz CT molecular complexity index is 1170. The molecule has 31 heavy (non-hydrogen) atoms. The topological polar surface area (TPSA) is 84.3 Å². The van der Waals surface area contributed by atoms with E-state index < -0.39 is 10.0 Å². The Kier molecular flexibility index (Phi) is 7.40. The Balaban J connectivity index is 1.69. The SMILES string of the molecule is CCn1c(CCC(=O)NCc2ccc(SC)cc2)nc2cc(S(=O)(=O)N(C)C)ccc21. The lowest BCUT2D eigenvalue weighted by molar-refractivity contribution is -0.121. The summed E-state index contributed by atoms with van der Waals surface area (Å²) in [6, 6.07) is 13.1. The number of aryl methyl sites for hydroxylation is 2. The number of imidazole rings is 1. The molecule has 9 heteroatoms. The van der Waals surface area contributed by atoms with Crippen LogP contribution in [0.5, 0.6) is 0 Å². The predicted molar refractivity (Wildman–Crippen MR) is 125 cm³/mol. The molecule has 0 spiro atoms. The first kappa shape index (κ1) is 23.3. The summed E-state index contributed by atoms with van der Waals surface area (Å²) >= 11 is 1.68. The molecule has 1 heterocycles. The minimum Gasteiger partial charge on any atom is -0.352 e. The molecule has 7 nitrogen and oxygen atoms in total. The van der Waals surface area contributed by atoms with E-state index in [4.69, 9.17) is 0 Å². The fourth-order valence-electron chi connectivity index (χ4n) is 3.33. The highest BCUT2D eigenvalue weighted by Crippen LogP contribution is 2.23. The number of carbonyl (C=O) groups excluding carboxylic acids is 1. The number of rotatable bonds is 9. The predicted octanol–water partition coefficient (Wildman–Crippen LogP) is 3.28. The average Bonchev–Trinajstić information content (AvgIpc) is 3.13. The molecule has 3 rings (SSSR count). The van der Waals surface area contributed by atoms with Crippen molar-refractivity contribution in [2.75, 3.05) is 20.4 Å². The van der Waals surface area contributed by atoms with Crippen LogP contribution in [0.4, 0.5) is 0 Å². The van der Waals surface area contributed by atoms with Crippen LogP contribution in [-0.4, -0.2) is 48.5 Å². The Morgan fingerprint density at radius 1 is 1.16 bits per heavy atom. The molecule has 0 saturated carbocycles. The zero-order valence-corrected chi connectivity index (χ0v) is 19.9. The number of benzene rings is 2. The van der Waals surface area contributed by atoms with Crippen LogP contribution in [0.2, 0.25) is 0 Å². The number of nitrogens with zero attached hydrogens (tertiary/aromatic N) is 3. The molecular weight excluding hydrogens is 432 g/mol. The van der Waals surface area contributed by atoms with Gasteiger partial charge in [-0.3, -0.25) is 4.79 Å². The van der Waals surface area contributed by atoms with Gasteiger partial charge in [-0.25, -0.2) is 17.7 Å². The van der Waals surface area contributed by atoms with E-state index in [1.165, 1.54) is 23.3 Å². The fourth-order valence-corrected chi connectivity index (χ4v) is 4.66. The second-order valence-electron chi connectivity index (χ2n) is 7.34. The normalized spacial score (nSPS) is 11.9. The van der Waals surface area contributed by atoms with E-state index in [1.54, 1.807) is 30.0 Å². The van der Waals surface area contributed by atoms with E-state index in [0.717, 1.165) is 16.9 Å². The van der Waals surface area contributed by atoms with Gasteiger partial charge in [0.15, 0.2) is 0 Å². The molecule has 0 aliphatic carbocycles. The molecule has 0 aliphatic rings. The second-order valence-corrected chi connectivity index (χ2v) is 10.4. The summed E-state index contributed by atoms with van der Waals surface area (Å²) in [4.78, 5) is 18.4. The standard InChI is InChI=1S/C22H28N4O3S2/c1-5-26-20-11-10-18(31(28,29)25(2)3)14-19(20)24-21(26)12-13-22(27)23-15-16-6-8-17(30-4)9-7-16/h6-11,14H,5,12-13,15H2,1-4H3,(H,23,27). The molecule has 0 atom stereocenters. The van der Waals surface area contributed by atoms with Crippen molar-refractivity contribution in [3.63, 3.8) is 0 Å². The van der Waals surface area contributed by atoms with Crippen molar-refractivity contribution in [1.82, 2.24) is 19.2 Å². The van der Waals surface area contributed by atoms with E-state index in [1.807, 2.05) is 42.0 Å². The molecule has 1 N–H and O–H groups in total.